The van der Waals surface area contributed by atoms with E-state index in [0.29, 0.717) is 5.92 Å². The number of hydrogen-bond acceptors (Lipinski definition) is 2. The first-order valence-electron chi connectivity index (χ1n) is 6.44. The van der Waals surface area contributed by atoms with E-state index in [-0.39, 0.29) is 23.9 Å². The van der Waals surface area contributed by atoms with Gasteiger partial charge in [0.15, 0.2) is 0 Å². The van der Waals surface area contributed by atoms with Crippen molar-refractivity contribution in [2.45, 2.75) is 66.0 Å². The Balaban J connectivity index is 3.94. The van der Waals surface area contributed by atoms with Crippen LogP contribution in [0, 0.1) is 11.8 Å². The van der Waals surface area contributed by atoms with Gasteiger partial charge in [-0.3, -0.25) is 4.79 Å². The predicted octanol–water partition coefficient (Wildman–Crippen LogP) is 2.30. The van der Waals surface area contributed by atoms with Crippen molar-refractivity contribution in [2.75, 3.05) is 0 Å². The molecule has 96 valence electrons. The lowest BCUT2D eigenvalue weighted by Gasteiger charge is -2.21. The Morgan fingerprint density at radius 1 is 1.19 bits per heavy atom. The fourth-order valence-corrected chi connectivity index (χ4v) is 1.51. The Kier molecular flexibility index (Phi) is 7.39. The second-order valence-electron chi connectivity index (χ2n) is 5.29. The molecule has 1 amide bonds. The van der Waals surface area contributed by atoms with E-state index in [1.165, 1.54) is 0 Å². The first-order chi connectivity index (χ1) is 7.38. The van der Waals surface area contributed by atoms with Crippen LogP contribution in [0.3, 0.4) is 0 Å². The molecular formula is C13H28N2O. The molecule has 16 heavy (non-hydrogen) atoms. The fraction of sp³-hybridized carbons (Fsp3) is 0.923. The second-order valence-corrected chi connectivity index (χ2v) is 5.29. The zero-order valence-electron chi connectivity index (χ0n) is 11.4. The standard InChI is InChI=1S/C13H28N2O/c1-6-10(4)12(14)13(16)15-11(5)8-7-9(2)3/h9-12H,6-8,14H2,1-5H3,(H,15,16)/t10-,11?,12-/m0/s1. The summed E-state index contributed by atoms with van der Waals surface area (Å²) in [6, 6.07) is -0.142. The first kappa shape index (κ1) is 15.4. The fourth-order valence-electron chi connectivity index (χ4n) is 1.51. The zero-order valence-corrected chi connectivity index (χ0v) is 11.4. The van der Waals surface area contributed by atoms with Crippen molar-refractivity contribution < 1.29 is 4.79 Å². The molecule has 0 aliphatic carbocycles. The molecule has 3 heteroatoms. The Hall–Kier alpha value is -0.570. The second kappa shape index (κ2) is 7.66. The average molecular weight is 228 g/mol. The molecule has 0 spiro atoms. The van der Waals surface area contributed by atoms with Crippen LogP contribution in [0.25, 0.3) is 0 Å². The smallest absolute Gasteiger partial charge is 0.237 e. The molecule has 0 bridgehead atoms. The van der Waals surface area contributed by atoms with Crippen LogP contribution in [-0.4, -0.2) is 18.0 Å². The summed E-state index contributed by atoms with van der Waals surface area (Å²) in [5, 5.41) is 2.99. The van der Waals surface area contributed by atoms with Crippen LogP contribution < -0.4 is 11.1 Å². The minimum Gasteiger partial charge on any atom is -0.352 e. The number of carbonyl (C=O) groups excluding carboxylic acids is 1. The van der Waals surface area contributed by atoms with Crippen molar-refractivity contribution >= 4 is 5.91 Å². The normalized spacial score (nSPS) is 16.9. The van der Waals surface area contributed by atoms with Crippen molar-refractivity contribution in [2.24, 2.45) is 17.6 Å². The largest absolute Gasteiger partial charge is 0.352 e. The Labute approximate surface area is 100 Å². The van der Waals surface area contributed by atoms with E-state index < -0.39 is 0 Å². The molecule has 1 unspecified atom stereocenters. The summed E-state index contributed by atoms with van der Waals surface area (Å²) in [5.41, 5.74) is 5.86. The van der Waals surface area contributed by atoms with E-state index >= 15 is 0 Å². The highest BCUT2D eigenvalue weighted by Crippen LogP contribution is 2.08. The Morgan fingerprint density at radius 3 is 2.19 bits per heavy atom. The van der Waals surface area contributed by atoms with E-state index in [2.05, 4.69) is 26.1 Å². The van der Waals surface area contributed by atoms with Gasteiger partial charge < -0.3 is 11.1 Å². The highest BCUT2D eigenvalue weighted by molar-refractivity contribution is 5.82. The Morgan fingerprint density at radius 2 is 1.75 bits per heavy atom. The van der Waals surface area contributed by atoms with Crippen molar-refractivity contribution in [1.82, 2.24) is 5.32 Å². The first-order valence-corrected chi connectivity index (χ1v) is 6.44. The highest BCUT2D eigenvalue weighted by atomic mass is 16.2. The number of hydrogen-bond donors (Lipinski definition) is 2. The summed E-state index contributed by atoms with van der Waals surface area (Å²) in [4.78, 5) is 11.8. The summed E-state index contributed by atoms with van der Waals surface area (Å²) in [7, 11) is 0. The third kappa shape index (κ3) is 6.11. The van der Waals surface area contributed by atoms with Crippen LogP contribution in [-0.2, 0) is 4.79 Å². The number of nitrogens with one attached hydrogen (secondary N) is 1. The van der Waals surface area contributed by atoms with Gasteiger partial charge in [-0.05, 0) is 31.6 Å². The summed E-state index contributed by atoms with van der Waals surface area (Å²) in [5.74, 6) is 0.922. The van der Waals surface area contributed by atoms with Crippen molar-refractivity contribution in [3.63, 3.8) is 0 Å². The molecule has 0 aromatic rings. The van der Waals surface area contributed by atoms with Gasteiger partial charge in [-0.2, -0.15) is 0 Å². The zero-order chi connectivity index (χ0) is 12.7. The van der Waals surface area contributed by atoms with Gasteiger partial charge in [0.25, 0.3) is 0 Å². The highest BCUT2D eigenvalue weighted by Gasteiger charge is 2.20. The lowest BCUT2D eigenvalue weighted by molar-refractivity contribution is -0.124. The molecular weight excluding hydrogens is 200 g/mol. The van der Waals surface area contributed by atoms with Gasteiger partial charge in [0.1, 0.15) is 0 Å². The maximum atomic E-state index is 11.8. The van der Waals surface area contributed by atoms with Crippen LogP contribution in [0.1, 0.15) is 53.9 Å². The van der Waals surface area contributed by atoms with Crippen LogP contribution in [0.4, 0.5) is 0 Å². The van der Waals surface area contributed by atoms with E-state index in [1.807, 2.05) is 13.8 Å². The number of amides is 1. The minimum atomic E-state index is -0.369. The van der Waals surface area contributed by atoms with E-state index in [0.717, 1.165) is 19.3 Å². The molecule has 3 N–H and O–H groups in total. The molecule has 0 radical (unpaired) electrons. The van der Waals surface area contributed by atoms with Crippen molar-refractivity contribution in [1.29, 1.82) is 0 Å². The molecule has 0 heterocycles. The van der Waals surface area contributed by atoms with E-state index in [4.69, 9.17) is 5.73 Å². The third-order valence-electron chi connectivity index (χ3n) is 3.13. The molecule has 3 nitrogen and oxygen atoms in total. The summed E-state index contributed by atoms with van der Waals surface area (Å²) in [6.07, 6.45) is 3.10. The van der Waals surface area contributed by atoms with Crippen LogP contribution in [0.2, 0.25) is 0 Å². The van der Waals surface area contributed by atoms with Gasteiger partial charge in [0.2, 0.25) is 5.91 Å². The molecule has 0 fully saturated rings. The van der Waals surface area contributed by atoms with Gasteiger partial charge >= 0.3 is 0 Å². The molecule has 0 rings (SSSR count). The molecule has 0 saturated heterocycles. The summed E-state index contributed by atoms with van der Waals surface area (Å²) >= 11 is 0. The van der Waals surface area contributed by atoms with Crippen LogP contribution in [0.5, 0.6) is 0 Å². The van der Waals surface area contributed by atoms with Crippen molar-refractivity contribution in [3.05, 3.63) is 0 Å². The van der Waals surface area contributed by atoms with Crippen molar-refractivity contribution in [3.8, 4) is 0 Å². The maximum Gasteiger partial charge on any atom is 0.237 e. The monoisotopic (exact) mass is 228 g/mol. The van der Waals surface area contributed by atoms with Crippen LogP contribution in [0.15, 0.2) is 0 Å². The molecule has 0 aliphatic rings. The van der Waals surface area contributed by atoms with Gasteiger partial charge in [0, 0.05) is 6.04 Å². The van der Waals surface area contributed by atoms with Gasteiger partial charge in [-0.25, -0.2) is 0 Å². The predicted molar refractivity (Wildman–Crippen MR) is 69.1 cm³/mol. The van der Waals surface area contributed by atoms with Crippen LogP contribution >= 0.6 is 0 Å². The van der Waals surface area contributed by atoms with Gasteiger partial charge in [-0.1, -0.05) is 34.1 Å². The SMILES string of the molecule is CC[C@H](C)[C@H](N)C(=O)NC(C)CCC(C)C. The quantitative estimate of drug-likeness (QED) is 0.702. The Bertz CT molecular complexity index is 204. The summed E-state index contributed by atoms with van der Waals surface area (Å²) in [6.45, 7) is 10.5. The third-order valence-corrected chi connectivity index (χ3v) is 3.13. The summed E-state index contributed by atoms with van der Waals surface area (Å²) < 4.78 is 0. The topological polar surface area (TPSA) is 55.1 Å². The minimum absolute atomic E-state index is 0.00870. The lowest BCUT2D eigenvalue weighted by Crippen LogP contribution is -2.47. The molecule has 0 aromatic heterocycles. The number of rotatable bonds is 7. The maximum absolute atomic E-state index is 11.8. The molecule has 3 atom stereocenters. The molecule has 0 aromatic carbocycles. The molecule has 0 saturated carbocycles. The number of carbonyl (C=O) groups is 1. The number of nitrogens with two attached hydrogens (primary N) is 1. The molecule has 0 aliphatic heterocycles. The van der Waals surface area contributed by atoms with E-state index in [9.17, 15) is 4.79 Å². The van der Waals surface area contributed by atoms with Gasteiger partial charge in [0.05, 0.1) is 6.04 Å². The average Bonchev–Trinajstić information content (AvgIpc) is 2.24. The van der Waals surface area contributed by atoms with E-state index in [1.54, 1.807) is 0 Å². The lowest BCUT2D eigenvalue weighted by atomic mass is 9.98. The van der Waals surface area contributed by atoms with Gasteiger partial charge in [-0.15, -0.1) is 0 Å².